The van der Waals surface area contributed by atoms with Crippen LogP contribution < -0.4 is 4.74 Å². The topological polar surface area (TPSA) is 60.4 Å². The van der Waals surface area contributed by atoms with Crippen molar-refractivity contribution in [2.24, 2.45) is 0 Å². The smallest absolute Gasteiger partial charge is 0.159 e. The number of Topliss-reactive ketones (excluding diaryl/α,β-unsaturated/α-hetero) is 1. The molecule has 1 aromatic carbocycles. The van der Waals surface area contributed by atoms with Gasteiger partial charge in [0.05, 0.1) is 17.4 Å². The van der Waals surface area contributed by atoms with E-state index in [4.69, 9.17) is 16.3 Å². The predicted octanol–water partition coefficient (Wildman–Crippen LogP) is 2.36. The first-order valence-electron chi connectivity index (χ1n) is 5.40. The van der Waals surface area contributed by atoms with Crippen molar-refractivity contribution in [2.45, 2.75) is 13.3 Å². The summed E-state index contributed by atoms with van der Waals surface area (Å²) in [7, 11) is -2.96. The van der Waals surface area contributed by atoms with Gasteiger partial charge in [0.15, 0.2) is 5.78 Å². The summed E-state index contributed by atoms with van der Waals surface area (Å²) in [5.74, 6) is 0.464. The molecule has 0 aliphatic carbocycles. The molecule has 0 heterocycles. The molecular formula is C12H15ClO4S. The van der Waals surface area contributed by atoms with E-state index in [1.165, 1.54) is 19.2 Å². The van der Waals surface area contributed by atoms with Crippen LogP contribution in [0.5, 0.6) is 5.75 Å². The van der Waals surface area contributed by atoms with Gasteiger partial charge < -0.3 is 4.74 Å². The number of rotatable bonds is 6. The van der Waals surface area contributed by atoms with Crippen molar-refractivity contribution < 1.29 is 17.9 Å². The van der Waals surface area contributed by atoms with Gasteiger partial charge in [0.1, 0.15) is 15.6 Å². The Bertz CT molecular complexity index is 537. The Hall–Kier alpha value is -1.07. The number of ether oxygens (including phenoxy) is 1. The summed E-state index contributed by atoms with van der Waals surface area (Å²) in [5, 5.41) is 0.349. The molecule has 100 valence electrons. The largest absolute Gasteiger partial charge is 0.492 e. The molecule has 4 nitrogen and oxygen atoms in total. The quantitative estimate of drug-likeness (QED) is 0.596. The molecule has 0 fully saturated rings. The van der Waals surface area contributed by atoms with Crippen LogP contribution in [-0.2, 0) is 9.84 Å². The number of carbonyl (C=O) groups is 1. The van der Waals surface area contributed by atoms with Gasteiger partial charge in [-0.3, -0.25) is 4.79 Å². The molecular weight excluding hydrogens is 276 g/mol. The van der Waals surface area contributed by atoms with Crippen LogP contribution in [0.3, 0.4) is 0 Å². The average molecular weight is 291 g/mol. The molecule has 0 spiro atoms. The Morgan fingerprint density at radius 1 is 1.39 bits per heavy atom. The molecule has 0 saturated carbocycles. The minimum absolute atomic E-state index is 0.0690. The van der Waals surface area contributed by atoms with Gasteiger partial charge in [-0.05, 0) is 31.5 Å². The molecule has 1 rings (SSSR count). The lowest BCUT2D eigenvalue weighted by Crippen LogP contribution is -2.08. The maximum Gasteiger partial charge on any atom is 0.159 e. The number of benzene rings is 1. The molecule has 18 heavy (non-hydrogen) atoms. The summed E-state index contributed by atoms with van der Waals surface area (Å²) in [5.41, 5.74) is 0.517. The summed E-state index contributed by atoms with van der Waals surface area (Å²) in [6.07, 6.45) is 1.59. The van der Waals surface area contributed by atoms with E-state index in [9.17, 15) is 13.2 Å². The highest BCUT2D eigenvalue weighted by Gasteiger charge is 2.07. The molecule has 0 aliphatic rings. The maximum atomic E-state index is 11.1. The minimum atomic E-state index is -2.96. The Balaban J connectivity index is 2.56. The SMILES string of the molecule is CC(=O)c1ccc(OCCCS(C)(=O)=O)c(Cl)c1. The zero-order chi connectivity index (χ0) is 13.8. The van der Waals surface area contributed by atoms with Crippen LogP contribution in [0.2, 0.25) is 5.02 Å². The van der Waals surface area contributed by atoms with E-state index in [1.807, 2.05) is 0 Å². The third-order valence-electron chi connectivity index (χ3n) is 2.26. The Labute approximate surface area is 112 Å². The van der Waals surface area contributed by atoms with Gasteiger partial charge in [-0.25, -0.2) is 8.42 Å². The first kappa shape index (κ1) is 15.0. The van der Waals surface area contributed by atoms with E-state index in [0.717, 1.165) is 0 Å². The fourth-order valence-electron chi connectivity index (χ4n) is 1.34. The van der Waals surface area contributed by atoms with E-state index in [0.29, 0.717) is 22.8 Å². The van der Waals surface area contributed by atoms with E-state index in [2.05, 4.69) is 0 Å². The Morgan fingerprint density at radius 3 is 2.56 bits per heavy atom. The highest BCUT2D eigenvalue weighted by atomic mass is 35.5. The van der Waals surface area contributed by atoms with Crippen molar-refractivity contribution in [3.05, 3.63) is 28.8 Å². The highest BCUT2D eigenvalue weighted by molar-refractivity contribution is 7.90. The van der Waals surface area contributed by atoms with E-state index in [-0.39, 0.29) is 18.1 Å². The van der Waals surface area contributed by atoms with E-state index < -0.39 is 9.84 Å². The first-order valence-corrected chi connectivity index (χ1v) is 7.84. The molecule has 0 N–H and O–H groups in total. The van der Waals surface area contributed by atoms with Crippen molar-refractivity contribution in [1.29, 1.82) is 0 Å². The molecule has 1 aromatic rings. The Morgan fingerprint density at radius 2 is 2.06 bits per heavy atom. The van der Waals surface area contributed by atoms with Gasteiger partial charge in [0, 0.05) is 11.8 Å². The minimum Gasteiger partial charge on any atom is -0.492 e. The first-order chi connectivity index (χ1) is 8.29. The standard InChI is InChI=1S/C12H15ClO4S/c1-9(14)10-4-5-12(11(13)8-10)17-6-3-7-18(2,15)16/h4-5,8H,3,6-7H2,1-2H3. The molecule has 0 amide bonds. The molecule has 6 heteroatoms. The maximum absolute atomic E-state index is 11.1. The zero-order valence-electron chi connectivity index (χ0n) is 10.3. The Kier molecular flexibility index (Phi) is 5.16. The second-order valence-electron chi connectivity index (χ2n) is 4.03. The number of ketones is 1. The summed E-state index contributed by atoms with van der Waals surface area (Å²) >= 11 is 5.95. The molecule has 0 aliphatic heterocycles. The second-order valence-corrected chi connectivity index (χ2v) is 6.70. The van der Waals surface area contributed by atoms with Crippen LogP contribution in [0.4, 0.5) is 0 Å². The second kappa shape index (κ2) is 6.20. The molecule has 0 unspecified atom stereocenters. The third kappa shape index (κ3) is 5.06. The third-order valence-corrected chi connectivity index (χ3v) is 3.58. The van der Waals surface area contributed by atoms with Gasteiger partial charge in [0.2, 0.25) is 0 Å². The van der Waals surface area contributed by atoms with Crippen LogP contribution in [0.25, 0.3) is 0 Å². The predicted molar refractivity (Wildman–Crippen MR) is 71.3 cm³/mol. The van der Waals surface area contributed by atoms with Crippen LogP contribution in [-0.4, -0.2) is 32.8 Å². The van der Waals surface area contributed by atoms with Crippen LogP contribution in [0, 0.1) is 0 Å². The number of hydrogen-bond donors (Lipinski definition) is 0. The molecule has 0 aromatic heterocycles. The fraction of sp³-hybridized carbons (Fsp3) is 0.417. The molecule has 0 bridgehead atoms. The average Bonchev–Trinajstić information content (AvgIpc) is 2.24. The van der Waals surface area contributed by atoms with Crippen LogP contribution in [0.15, 0.2) is 18.2 Å². The number of sulfone groups is 1. The van der Waals surface area contributed by atoms with Crippen molar-refractivity contribution in [3.8, 4) is 5.75 Å². The van der Waals surface area contributed by atoms with Crippen molar-refractivity contribution in [2.75, 3.05) is 18.6 Å². The van der Waals surface area contributed by atoms with E-state index in [1.54, 1.807) is 12.1 Å². The van der Waals surface area contributed by atoms with E-state index >= 15 is 0 Å². The molecule has 0 atom stereocenters. The normalized spacial score (nSPS) is 11.3. The molecule has 0 saturated heterocycles. The van der Waals surface area contributed by atoms with Crippen LogP contribution >= 0.6 is 11.6 Å². The van der Waals surface area contributed by atoms with Crippen molar-refractivity contribution >= 4 is 27.2 Å². The fourth-order valence-corrected chi connectivity index (χ4v) is 2.22. The highest BCUT2D eigenvalue weighted by Crippen LogP contribution is 2.25. The van der Waals surface area contributed by atoms with Gasteiger partial charge in [-0.2, -0.15) is 0 Å². The summed E-state index contributed by atoms with van der Waals surface area (Å²) < 4.78 is 27.2. The van der Waals surface area contributed by atoms with Crippen molar-refractivity contribution in [3.63, 3.8) is 0 Å². The summed E-state index contributed by atoms with van der Waals surface area (Å²) in [6.45, 7) is 1.73. The number of carbonyl (C=O) groups excluding carboxylic acids is 1. The lowest BCUT2D eigenvalue weighted by Gasteiger charge is -2.08. The number of halogens is 1. The van der Waals surface area contributed by atoms with Gasteiger partial charge in [0.25, 0.3) is 0 Å². The lowest BCUT2D eigenvalue weighted by molar-refractivity contribution is 0.101. The van der Waals surface area contributed by atoms with Crippen molar-refractivity contribution in [1.82, 2.24) is 0 Å². The summed E-state index contributed by atoms with van der Waals surface area (Å²) in [4.78, 5) is 11.1. The lowest BCUT2D eigenvalue weighted by atomic mass is 10.1. The molecule has 0 radical (unpaired) electrons. The van der Waals surface area contributed by atoms with Gasteiger partial charge >= 0.3 is 0 Å². The van der Waals surface area contributed by atoms with Gasteiger partial charge in [-0.15, -0.1) is 0 Å². The zero-order valence-corrected chi connectivity index (χ0v) is 11.8. The monoisotopic (exact) mass is 290 g/mol. The summed E-state index contributed by atoms with van der Waals surface area (Å²) in [6, 6.07) is 4.77. The number of hydrogen-bond acceptors (Lipinski definition) is 4. The van der Waals surface area contributed by atoms with Gasteiger partial charge in [-0.1, -0.05) is 11.6 Å². The van der Waals surface area contributed by atoms with Crippen LogP contribution in [0.1, 0.15) is 23.7 Å².